The average Bonchev–Trinajstić information content (AvgIpc) is 2.92. The number of hydrogen-bond donors (Lipinski definition) is 1. The number of hydrogen-bond acceptors (Lipinski definition) is 4. The maximum absolute atomic E-state index is 14.0. The van der Waals surface area contributed by atoms with Crippen LogP contribution in [0.2, 0.25) is 20.1 Å². The summed E-state index contributed by atoms with van der Waals surface area (Å²) >= 11 is 25.1. The van der Waals surface area contributed by atoms with Crippen molar-refractivity contribution in [2.75, 3.05) is 10.8 Å². The molecule has 0 aromatic heterocycles. The number of carbonyl (C=O) groups excluding carboxylic acids is 2. The van der Waals surface area contributed by atoms with E-state index in [0.717, 1.165) is 9.87 Å². The van der Waals surface area contributed by atoms with Crippen LogP contribution in [0.15, 0.2) is 65.6 Å². The number of anilines is 1. The van der Waals surface area contributed by atoms with Crippen molar-refractivity contribution in [3.8, 4) is 0 Å². The third kappa shape index (κ3) is 8.30. The van der Waals surface area contributed by atoms with Gasteiger partial charge < -0.3 is 10.2 Å². The van der Waals surface area contributed by atoms with Crippen LogP contribution in [0, 0.1) is 6.92 Å². The molecule has 0 heterocycles. The Morgan fingerprint density at radius 2 is 1.49 bits per heavy atom. The molecular weight excluding hydrogens is 628 g/mol. The lowest BCUT2D eigenvalue weighted by molar-refractivity contribution is -0.139. The first kappa shape index (κ1) is 33.0. The molecule has 3 aromatic carbocycles. The fourth-order valence-electron chi connectivity index (χ4n) is 3.91. The van der Waals surface area contributed by atoms with Gasteiger partial charge in [-0.1, -0.05) is 77.1 Å². The van der Waals surface area contributed by atoms with E-state index in [9.17, 15) is 18.0 Å². The Morgan fingerprint density at radius 3 is 2.10 bits per heavy atom. The zero-order valence-electron chi connectivity index (χ0n) is 23.0. The number of sulfonamides is 1. The van der Waals surface area contributed by atoms with Crippen LogP contribution in [0.1, 0.15) is 38.3 Å². The van der Waals surface area contributed by atoms with Gasteiger partial charge in [-0.15, -0.1) is 0 Å². The lowest BCUT2D eigenvalue weighted by atomic mass is 10.1. The molecule has 0 aliphatic heterocycles. The number of rotatable bonds is 11. The Bertz CT molecular complexity index is 1520. The number of nitrogens with one attached hydrogen (secondary N) is 1. The number of carbonyl (C=O) groups is 2. The Hall–Kier alpha value is -2.49. The summed E-state index contributed by atoms with van der Waals surface area (Å²) in [7, 11) is -4.30. The van der Waals surface area contributed by atoms with Crippen molar-refractivity contribution >= 4 is 73.9 Å². The van der Waals surface area contributed by atoms with E-state index in [1.54, 1.807) is 31.2 Å². The second kappa shape index (κ2) is 14.1. The Balaban J connectivity index is 2.09. The lowest BCUT2D eigenvalue weighted by Gasteiger charge is -2.33. The molecule has 3 aromatic rings. The molecule has 0 radical (unpaired) electrons. The molecule has 0 saturated heterocycles. The quantitative estimate of drug-likeness (QED) is 0.237. The summed E-state index contributed by atoms with van der Waals surface area (Å²) in [5, 5.41) is 3.89. The van der Waals surface area contributed by atoms with E-state index in [4.69, 9.17) is 46.4 Å². The van der Waals surface area contributed by atoms with E-state index in [2.05, 4.69) is 5.32 Å². The first-order valence-corrected chi connectivity index (χ1v) is 15.8. The summed E-state index contributed by atoms with van der Waals surface area (Å²) in [6.07, 6.45) is 0.686. The van der Waals surface area contributed by atoms with Crippen molar-refractivity contribution in [1.29, 1.82) is 0 Å². The highest BCUT2D eigenvalue weighted by atomic mass is 35.5. The maximum Gasteiger partial charge on any atom is 0.264 e. The molecule has 2 amide bonds. The first-order valence-electron chi connectivity index (χ1n) is 12.8. The maximum atomic E-state index is 14.0. The number of nitrogens with zero attached hydrogens (tertiary/aromatic N) is 2. The minimum atomic E-state index is -4.30. The molecule has 0 spiro atoms. The van der Waals surface area contributed by atoms with Gasteiger partial charge >= 0.3 is 0 Å². The Labute approximate surface area is 261 Å². The minimum Gasteiger partial charge on any atom is -0.352 e. The molecule has 220 valence electrons. The normalized spacial score (nSPS) is 12.9. The van der Waals surface area contributed by atoms with Crippen molar-refractivity contribution in [3.63, 3.8) is 0 Å². The van der Waals surface area contributed by atoms with Crippen molar-refractivity contribution in [2.45, 2.75) is 57.6 Å². The van der Waals surface area contributed by atoms with Gasteiger partial charge in [0.2, 0.25) is 11.8 Å². The molecule has 0 unspecified atom stereocenters. The highest BCUT2D eigenvalue weighted by molar-refractivity contribution is 7.92. The van der Waals surface area contributed by atoms with Gasteiger partial charge in [0, 0.05) is 27.7 Å². The summed E-state index contributed by atoms with van der Waals surface area (Å²) in [5.74, 6) is -1.05. The van der Waals surface area contributed by atoms with Crippen LogP contribution in [0.4, 0.5) is 5.69 Å². The number of benzene rings is 3. The molecule has 1 N–H and O–H groups in total. The van der Waals surface area contributed by atoms with Gasteiger partial charge in [0.05, 0.1) is 15.6 Å². The van der Waals surface area contributed by atoms with E-state index < -0.39 is 34.4 Å². The fourth-order valence-corrected chi connectivity index (χ4v) is 6.24. The van der Waals surface area contributed by atoms with Gasteiger partial charge in [-0.3, -0.25) is 13.9 Å². The number of amides is 2. The summed E-state index contributed by atoms with van der Waals surface area (Å²) in [6.45, 7) is 6.44. The summed E-state index contributed by atoms with van der Waals surface area (Å²) in [4.78, 5) is 28.4. The predicted molar refractivity (Wildman–Crippen MR) is 167 cm³/mol. The van der Waals surface area contributed by atoms with Crippen LogP contribution in [0.25, 0.3) is 0 Å². The van der Waals surface area contributed by atoms with Crippen molar-refractivity contribution in [1.82, 2.24) is 10.2 Å². The first-order chi connectivity index (χ1) is 19.2. The monoisotopic (exact) mass is 657 g/mol. The molecule has 0 fully saturated rings. The van der Waals surface area contributed by atoms with Crippen LogP contribution in [0.5, 0.6) is 0 Å². The van der Waals surface area contributed by atoms with Crippen LogP contribution in [-0.4, -0.2) is 43.8 Å². The Morgan fingerprint density at radius 1 is 0.878 bits per heavy atom. The van der Waals surface area contributed by atoms with Crippen LogP contribution in [-0.2, 0) is 26.2 Å². The standard InChI is InChI=1S/C29H31Cl4N3O4S/c1-5-19(3)34-29(38)20(4)35(16-21-8-9-22(30)14-26(21)33)28(37)17-36(27-15-23(31)10-13-25(27)32)41(39,40)24-11-6-18(2)7-12-24/h6-15,19-20H,5,16-17H2,1-4H3,(H,34,38)/t19-,20-/m1/s1. The van der Waals surface area contributed by atoms with Gasteiger partial charge in [0.1, 0.15) is 12.6 Å². The van der Waals surface area contributed by atoms with Gasteiger partial charge in [-0.2, -0.15) is 0 Å². The summed E-state index contributed by atoms with van der Waals surface area (Å²) < 4.78 is 28.8. The molecular formula is C29H31Cl4N3O4S. The zero-order valence-corrected chi connectivity index (χ0v) is 26.8. The smallest absolute Gasteiger partial charge is 0.264 e. The SMILES string of the molecule is CC[C@@H](C)NC(=O)[C@@H](C)N(Cc1ccc(Cl)cc1Cl)C(=O)CN(c1cc(Cl)ccc1Cl)S(=O)(=O)c1ccc(C)cc1. The third-order valence-corrected chi connectivity index (χ3v) is 9.50. The van der Waals surface area contributed by atoms with Crippen molar-refractivity contribution < 1.29 is 18.0 Å². The van der Waals surface area contributed by atoms with Crippen molar-refractivity contribution in [2.24, 2.45) is 0 Å². The fraction of sp³-hybridized carbons (Fsp3) is 0.310. The third-order valence-electron chi connectivity index (χ3n) is 6.59. The molecule has 0 saturated carbocycles. The number of aryl methyl sites for hydroxylation is 1. The average molecular weight is 659 g/mol. The van der Waals surface area contributed by atoms with E-state index in [-0.39, 0.29) is 33.2 Å². The van der Waals surface area contributed by atoms with Crippen LogP contribution >= 0.6 is 46.4 Å². The molecule has 0 bridgehead atoms. The van der Waals surface area contributed by atoms with Gasteiger partial charge in [-0.25, -0.2) is 8.42 Å². The minimum absolute atomic E-state index is 0.0225. The zero-order chi connectivity index (χ0) is 30.5. The molecule has 2 atom stereocenters. The predicted octanol–water partition coefficient (Wildman–Crippen LogP) is 7.14. The second-order valence-corrected chi connectivity index (χ2v) is 13.2. The topological polar surface area (TPSA) is 86.8 Å². The highest BCUT2D eigenvalue weighted by Gasteiger charge is 2.34. The molecule has 12 heteroatoms. The van der Waals surface area contributed by atoms with E-state index in [1.807, 2.05) is 20.8 Å². The van der Waals surface area contributed by atoms with Crippen LogP contribution < -0.4 is 9.62 Å². The molecule has 0 aliphatic rings. The molecule has 7 nitrogen and oxygen atoms in total. The largest absolute Gasteiger partial charge is 0.352 e. The van der Waals surface area contributed by atoms with E-state index in [1.165, 1.54) is 41.3 Å². The molecule has 41 heavy (non-hydrogen) atoms. The van der Waals surface area contributed by atoms with Gasteiger partial charge in [0.25, 0.3) is 10.0 Å². The van der Waals surface area contributed by atoms with Gasteiger partial charge in [-0.05, 0) is 75.2 Å². The number of halogens is 4. The van der Waals surface area contributed by atoms with Crippen molar-refractivity contribution in [3.05, 3.63) is 91.9 Å². The van der Waals surface area contributed by atoms with Crippen LogP contribution in [0.3, 0.4) is 0 Å². The summed E-state index contributed by atoms with van der Waals surface area (Å²) in [5.41, 5.74) is 1.41. The van der Waals surface area contributed by atoms with E-state index >= 15 is 0 Å². The molecule has 0 aliphatic carbocycles. The highest BCUT2D eigenvalue weighted by Crippen LogP contribution is 2.33. The second-order valence-electron chi connectivity index (χ2n) is 9.67. The molecule has 3 rings (SSSR count). The van der Waals surface area contributed by atoms with E-state index in [0.29, 0.717) is 22.0 Å². The summed E-state index contributed by atoms with van der Waals surface area (Å²) in [6, 6.07) is 14.3. The Kier molecular flexibility index (Phi) is 11.4. The lowest BCUT2D eigenvalue weighted by Crippen LogP contribution is -2.52. The van der Waals surface area contributed by atoms with Gasteiger partial charge in [0.15, 0.2) is 0 Å².